The first-order valence-corrected chi connectivity index (χ1v) is 6.35. The van der Waals surface area contributed by atoms with E-state index in [2.05, 4.69) is 29.0 Å². The molecule has 0 radical (unpaired) electrons. The van der Waals surface area contributed by atoms with Crippen LogP contribution in [0.5, 0.6) is 0 Å². The number of rotatable bonds is 6. The van der Waals surface area contributed by atoms with Gasteiger partial charge in [0.15, 0.2) is 0 Å². The molecule has 0 aliphatic heterocycles. The van der Waals surface area contributed by atoms with Crippen molar-refractivity contribution in [2.45, 2.75) is 26.7 Å². The molecule has 0 unspecified atom stereocenters. The molecule has 0 amide bonds. The van der Waals surface area contributed by atoms with Crippen molar-refractivity contribution < 1.29 is 4.52 Å². The summed E-state index contributed by atoms with van der Waals surface area (Å²) >= 11 is 0. The van der Waals surface area contributed by atoms with Crippen molar-refractivity contribution in [1.29, 1.82) is 0 Å². The molecule has 0 aliphatic rings. The van der Waals surface area contributed by atoms with Gasteiger partial charge in [-0.25, -0.2) is 0 Å². The van der Waals surface area contributed by atoms with Gasteiger partial charge in [-0.3, -0.25) is 0 Å². The van der Waals surface area contributed by atoms with Crippen LogP contribution in [0.25, 0.3) is 11.5 Å². The highest BCUT2D eigenvalue weighted by Gasteiger charge is 2.15. The minimum atomic E-state index is 0.405. The van der Waals surface area contributed by atoms with E-state index in [1.807, 2.05) is 18.3 Å². The van der Waals surface area contributed by atoms with Gasteiger partial charge in [0.05, 0.1) is 5.69 Å². The molecule has 0 aliphatic carbocycles. The van der Waals surface area contributed by atoms with Gasteiger partial charge in [0.25, 0.3) is 0 Å². The second kappa shape index (κ2) is 5.82. The summed E-state index contributed by atoms with van der Waals surface area (Å²) in [5, 5.41) is 3.97. The molecule has 18 heavy (non-hydrogen) atoms. The summed E-state index contributed by atoms with van der Waals surface area (Å²) in [5.41, 5.74) is 6.65. The topological polar surface area (TPSA) is 80.7 Å². The van der Waals surface area contributed by atoms with E-state index in [9.17, 15) is 0 Å². The smallest absolute Gasteiger partial charge is 0.227 e. The number of H-pyrrole nitrogens is 1. The maximum absolute atomic E-state index is 5.77. The molecule has 2 heterocycles. The van der Waals surface area contributed by atoms with Crippen LogP contribution in [-0.4, -0.2) is 21.7 Å². The summed E-state index contributed by atoms with van der Waals surface area (Å²) in [6, 6.07) is 3.83. The summed E-state index contributed by atoms with van der Waals surface area (Å²) in [6.45, 7) is 5.04. The summed E-state index contributed by atoms with van der Waals surface area (Å²) in [5.74, 6) is 2.30. The Morgan fingerprint density at radius 2 is 2.28 bits per heavy atom. The third-order valence-electron chi connectivity index (χ3n) is 2.91. The second-order valence-corrected chi connectivity index (χ2v) is 5.03. The highest BCUT2D eigenvalue weighted by molar-refractivity contribution is 5.47. The SMILES string of the molecule is CC(C)C[C@H](CN)Cc1nc(-c2ccc[nH]2)no1. The number of hydrogen-bond donors (Lipinski definition) is 2. The van der Waals surface area contributed by atoms with Gasteiger partial charge in [-0.1, -0.05) is 19.0 Å². The molecule has 1 atom stereocenters. The zero-order valence-electron chi connectivity index (χ0n) is 10.9. The van der Waals surface area contributed by atoms with Crippen LogP contribution < -0.4 is 5.73 Å². The Morgan fingerprint density at radius 3 is 2.89 bits per heavy atom. The maximum atomic E-state index is 5.77. The highest BCUT2D eigenvalue weighted by Crippen LogP contribution is 2.18. The summed E-state index contributed by atoms with van der Waals surface area (Å²) < 4.78 is 5.27. The minimum absolute atomic E-state index is 0.405. The van der Waals surface area contributed by atoms with Gasteiger partial charge in [0.1, 0.15) is 0 Å². The van der Waals surface area contributed by atoms with E-state index in [1.54, 1.807) is 0 Å². The number of aromatic nitrogens is 3. The average molecular weight is 248 g/mol. The molecule has 2 rings (SSSR count). The van der Waals surface area contributed by atoms with Crippen molar-refractivity contribution in [3.8, 4) is 11.5 Å². The first-order chi connectivity index (χ1) is 8.69. The molecule has 0 bridgehead atoms. The van der Waals surface area contributed by atoms with Crippen LogP contribution >= 0.6 is 0 Å². The Bertz CT molecular complexity index is 461. The van der Waals surface area contributed by atoms with Gasteiger partial charge >= 0.3 is 0 Å². The van der Waals surface area contributed by atoms with E-state index in [0.717, 1.165) is 18.5 Å². The number of nitrogens with two attached hydrogens (primary N) is 1. The van der Waals surface area contributed by atoms with Crippen molar-refractivity contribution >= 4 is 0 Å². The third kappa shape index (κ3) is 3.20. The van der Waals surface area contributed by atoms with E-state index in [4.69, 9.17) is 10.3 Å². The number of nitrogens with one attached hydrogen (secondary N) is 1. The quantitative estimate of drug-likeness (QED) is 0.821. The Balaban J connectivity index is 2.01. The largest absolute Gasteiger partial charge is 0.359 e. The van der Waals surface area contributed by atoms with Crippen LogP contribution in [0, 0.1) is 11.8 Å². The Hall–Kier alpha value is -1.62. The van der Waals surface area contributed by atoms with E-state index in [-0.39, 0.29) is 0 Å². The lowest BCUT2D eigenvalue weighted by molar-refractivity contribution is 0.332. The summed E-state index contributed by atoms with van der Waals surface area (Å²) in [4.78, 5) is 7.44. The van der Waals surface area contributed by atoms with E-state index in [1.165, 1.54) is 0 Å². The predicted octanol–water partition coefficient (Wildman–Crippen LogP) is 2.23. The molecular formula is C13H20N4O. The van der Waals surface area contributed by atoms with Crippen molar-refractivity contribution in [1.82, 2.24) is 15.1 Å². The molecule has 0 aromatic carbocycles. The average Bonchev–Trinajstić information content (AvgIpc) is 2.97. The zero-order valence-corrected chi connectivity index (χ0v) is 10.9. The lowest BCUT2D eigenvalue weighted by Crippen LogP contribution is -2.19. The van der Waals surface area contributed by atoms with Gasteiger partial charge in [0.2, 0.25) is 11.7 Å². The van der Waals surface area contributed by atoms with Crippen LogP contribution in [0.4, 0.5) is 0 Å². The van der Waals surface area contributed by atoms with Crippen molar-refractivity contribution in [2.24, 2.45) is 17.6 Å². The predicted molar refractivity (Wildman–Crippen MR) is 69.8 cm³/mol. The fraction of sp³-hybridized carbons (Fsp3) is 0.538. The van der Waals surface area contributed by atoms with Gasteiger partial charge in [-0.15, -0.1) is 0 Å². The van der Waals surface area contributed by atoms with Crippen LogP contribution in [0.3, 0.4) is 0 Å². The normalized spacial score (nSPS) is 13.1. The Labute approximate surface area is 107 Å². The lowest BCUT2D eigenvalue weighted by Gasteiger charge is -2.14. The molecule has 0 spiro atoms. The van der Waals surface area contributed by atoms with Gasteiger partial charge < -0.3 is 15.2 Å². The molecule has 2 aromatic rings. The van der Waals surface area contributed by atoms with Crippen molar-refractivity contribution in [3.05, 3.63) is 24.2 Å². The monoisotopic (exact) mass is 248 g/mol. The van der Waals surface area contributed by atoms with E-state index in [0.29, 0.717) is 30.1 Å². The molecule has 2 aromatic heterocycles. The number of hydrogen-bond acceptors (Lipinski definition) is 4. The summed E-state index contributed by atoms with van der Waals surface area (Å²) in [6.07, 6.45) is 3.67. The zero-order chi connectivity index (χ0) is 13.0. The van der Waals surface area contributed by atoms with Crippen LogP contribution in [0.2, 0.25) is 0 Å². The fourth-order valence-corrected chi connectivity index (χ4v) is 2.09. The lowest BCUT2D eigenvalue weighted by atomic mass is 9.94. The van der Waals surface area contributed by atoms with Crippen LogP contribution in [-0.2, 0) is 6.42 Å². The van der Waals surface area contributed by atoms with Crippen LogP contribution in [0.15, 0.2) is 22.9 Å². The maximum Gasteiger partial charge on any atom is 0.227 e. The minimum Gasteiger partial charge on any atom is -0.359 e. The Morgan fingerprint density at radius 1 is 1.44 bits per heavy atom. The van der Waals surface area contributed by atoms with Gasteiger partial charge in [-0.2, -0.15) is 4.98 Å². The first-order valence-electron chi connectivity index (χ1n) is 6.35. The molecular weight excluding hydrogens is 228 g/mol. The van der Waals surface area contributed by atoms with Crippen LogP contribution in [0.1, 0.15) is 26.2 Å². The fourth-order valence-electron chi connectivity index (χ4n) is 2.09. The number of aromatic amines is 1. The number of nitrogens with zero attached hydrogens (tertiary/aromatic N) is 2. The van der Waals surface area contributed by atoms with Crippen molar-refractivity contribution in [2.75, 3.05) is 6.54 Å². The van der Waals surface area contributed by atoms with Crippen molar-refractivity contribution in [3.63, 3.8) is 0 Å². The molecule has 0 saturated carbocycles. The molecule has 98 valence electrons. The standard InChI is InChI=1S/C13H20N4O/c1-9(2)6-10(8-14)7-12-16-13(17-18-12)11-4-3-5-15-11/h3-5,9-10,15H,6-8,14H2,1-2H3/t10-/m0/s1. The van der Waals surface area contributed by atoms with E-state index < -0.39 is 0 Å². The molecule has 5 heteroatoms. The third-order valence-corrected chi connectivity index (χ3v) is 2.91. The summed E-state index contributed by atoms with van der Waals surface area (Å²) in [7, 11) is 0. The highest BCUT2D eigenvalue weighted by atomic mass is 16.5. The molecule has 5 nitrogen and oxygen atoms in total. The Kier molecular flexibility index (Phi) is 4.15. The first kappa shape index (κ1) is 12.8. The van der Waals surface area contributed by atoms with Gasteiger partial charge in [0, 0.05) is 12.6 Å². The molecule has 0 saturated heterocycles. The molecule has 0 fully saturated rings. The molecule has 3 N–H and O–H groups in total. The van der Waals surface area contributed by atoms with Gasteiger partial charge in [-0.05, 0) is 36.9 Å². The second-order valence-electron chi connectivity index (χ2n) is 5.03. The van der Waals surface area contributed by atoms with E-state index >= 15 is 0 Å².